The molecule has 144 valence electrons. The molecule has 0 unspecified atom stereocenters. The van der Waals surface area contributed by atoms with Crippen molar-refractivity contribution >= 4 is 40.4 Å². The quantitative estimate of drug-likeness (QED) is 0.598. The minimum atomic E-state index is -0.392. The third-order valence-corrected chi connectivity index (χ3v) is 5.35. The smallest absolute Gasteiger partial charge is 0.282 e. The van der Waals surface area contributed by atoms with E-state index in [0.29, 0.717) is 21.8 Å². The molecule has 3 aromatic rings. The van der Waals surface area contributed by atoms with E-state index >= 15 is 0 Å². The van der Waals surface area contributed by atoms with Gasteiger partial charge in [0.15, 0.2) is 0 Å². The highest BCUT2D eigenvalue weighted by Gasteiger charge is 2.40. The van der Waals surface area contributed by atoms with Gasteiger partial charge in [0.25, 0.3) is 11.8 Å². The van der Waals surface area contributed by atoms with E-state index in [4.69, 9.17) is 11.6 Å². The standard InChI is InChI=1S/C24H19ClN2O2/c1-15-7-6-10-20(16(15)2)26-22-21(17-8-4-3-5-9-17)23(28)27(24(22)29)19-13-11-18(25)12-14-19/h3-14,26H,1-2H3. The second-order valence-electron chi connectivity index (χ2n) is 6.91. The lowest BCUT2D eigenvalue weighted by molar-refractivity contribution is -0.120. The van der Waals surface area contributed by atoms with Crippen molar-refractivity contribution in [3.8, 4) is 0 Å². The Kier molecular flexibility index (Phi) is 4.95. The number of rotatable bonds is 4. The van der Waals surface area contributed by atoms with Gasteiger partial charge in [-0.25, -0.2) is 4.90 Å². The number of aryl methyl sites for hydroxylation is 1. The monoisotopic (exact) mass is 402 g/mol. The van der Waals surface area contributed by atoms with Crippen LogP contribution < -0.4 is 10.2 Å². The maximum atomic E-state index is 13.3. The summed E-state index contributed by atoms with van der Waals surface area (Å²) in [6, 6.07) is 21.7. The number of amides is 2. The minimum absolute atomic E-state index is 0.268. The molecule has 0 radical (unpaired) electrons. The van der Waals surface area contributed by atoms with Gasteiger partial charge in [0.2, 0.25) is 0 Å². The molecule has 2 amide bonds. The van der Waals surface area contributed by atoms with Crippen LogP contribution in [-0.4, -0.2) is 11.8 Å². The molecule has 4 rings (SSSR count). The summed E-state index contributed by atoms with van der Waals surface area (Å²) < 4.78 is 0. The first kappa shape index (κ1) is 19.0. The Balaban J connectivity index is 1.84. The Hall–Kier alpha value is -3.37. The number of hydrogen-bond donors (Lipinski definition) is 1. The molecule has 0 fully saturated rings. The normalized spacial score (nSPS) is 14.0. The van der Waals surface area contributed by atoms with Gasteiger partial charge in [-0.1, -0.05) is 54.1 Å². The molecule has 1 N–H and O–H groups in total. The van der Waals surface area contributed by atoms with Gasteiger partial charge in [0, 0.05) is 10.7 Å². The molecular weight excluding hydrogens is 384 g/mol. The van der Waals surface area contributed by atoms with Gasteiger partial charge in [-0.2, -0.15) is 0 Å². The van der Waals surface area contributed by atoms with Crippen LogP contribution in [-0.2, 0) is 9.59 Å². The highest BCUT2D eigenvalue weighted by Crippen LogP contribution is 2.34. The van der Waals surface area contributed by atoms with E-state index in [9.17, 15) is 9.59 Å². The van der Waals surface area contributed by atoms with Gasteiger partial charge in [-0.15, -0.1) is 0 Å². The van der Waals surface area contributed by atoms with Crippen LogP contribution in [0.1, 0.15) is 16.7 Å². The van der Waals surface area contributed by atoms with Crippen molar-refractivity contribution in [2.45, 2.75) is 13.8 Å². The van der Waals surface area contributed by atoms with Gasteiger partial charge in [0.05, 0.1) is 11.3 Å². The Labute approximate surface area is 174 Å². The first-order valence-electron chi connectivity index (χ1n) is 9.24. The van der Waals surface area contributed by atoms with Gasteiger partial charge in [-0.3, -0.25) is 9.59 Å². The zero-order valence-electron chi connectivity index (χ0n) is 16.1. The number of benzene rings is 3. The van der Waals surface area contributed by atoms with Gasteiger partial charge in [0.1, 0.15) is 5.70 Å². The van der Waals surface area contributed by atoms with Crippen molar-refractivity contribution in [1.82, 2.24) is 0 Å². The Morgan fingerprint density at radius 2 is 1.48 bits per heavy atom. The number of nitrogens with zero attached hydrogens (tertiary/aromatic N) is 1. The summed E-state index contributed by atoms with van der Waals surface area (Å²) in [4.78, 5) is 27.9. The molecule has 0 aromatic heterocycles. The molecule has 1 aliphatic heterocycles. The van der Waals surface area contributed by atoms with Crippen LogP contribution in [0.15, 0.2) is 78.5 Å². The van der Waals surface area contributed by atoms with Crippen molar-refractivity contribution in [1.29, 1.82) is 0 Å². The predicted molar refractivity (Wildman–Crippen MR) is 117 cm³/mol. The summed E-state index contributed by atoms with van der Waals surface area (Å²) in [5.74, 6) is -0.756. The van der Waals surface area contributed by atoms with Crippen LogP contribution in [0, 0.1) is 13.8 Å². The van der Waals surface area contributed by atoms with Crippen molar-refractivity contribution in [2.24, 2.45) is 0 Å². The summed E-state index contributed by atoms with van der Waals surface area (Å²) in [6.07, 6.45) is 0. The second-order valence-corrected chi connectivity index (χ2v) is 7.35. The summed E-state index contributed by atoms with van der Waals surface area (Å²) in [5.41, 5.74) is 4.72. The molecule has 4 nitrogen and oxygen atoms in total. The molecule has 0 aliphatic carbocycles. The zero-order chi connectivity index (χ0) is 20.5. The maximum Gasteiger partial charge on any atom is 0.282 e. The van der Waals surface area contributed by atoms with Crippen LogP contribution in [0.25, 0.3) is 5.57 Å². The average Bonchev–Trinajstić information content (AvgIpc) is 2.96. The summed E-state index contributed by atoms with van der Waals surface area (Å²) in [5, 5.41) is 3.77. The molecule has 5 heteroatoms. The minimum Gasteiger partial charge on any atom is -0.350 e. The van der Waals surface area contributed by atoms with Gasteiger partial charge in [-0.05, 0) is 60.9 Å². The van der Waals surface area contributed by atoms with Crippen LogP contribution >= 0.6 is 11.6 Å². The number of hydrogen-bond acceptors (Lipinski definition) is 3. The highest BCUT2D eigenvalue weighted by atomic mass is 35.5. The number of halogens is 1. The van der Waals surface area contributed by atoms with Crippen molar-refractivity contribution in [2.75, 3.05) is 10.2 Å². The van der Waals surface area contributed by atoms with Crippen molar-refractivity contribution < 1.29 is 9.59 Å². The molecule has 3 aromatic carbocycles. The van der Waals surface area contributed by atoms with E-state index in [-0.39, 0.29) is 11.6 Å². The molecule has 0 saturated carbocycles. The molecule has 1 aliphatic rings. The van der Waals surface area contributed by atoms with E-state index in [2.05, 4.69) is 5.32 Å². The number of anilines is 2. The molecule has 0 bridgehead atoms. The van der Waals surface area contributed by atoms with Crippen LogP contribution in [0.5, 0.6) is 0 Å². The Morgan fingerprint density at radius 3 is 2.17 bits per heavy atom. The Bertz CT molecular complexity index is 1140. The van der Waals surface area contributed by atoms with E-state index in [0.717, 1.165) is 16.8 Å². The molecule has 0 spiro atoms. The van der Waals surface area contributed by atoms with Crippen molar-refractivity contribution in [3.63, 3.8) is 0 Å². The fourth-order valence-electron chi connectivity index (χ4n) is 3.36. The predicted octanol–water partition coefficient (Wildman–Crippen LogP) is 5.35. The van der Waals surface area contributed by atoms with E-state index in [1.165, 1.54) is 4.90 Å². The number of nitrogens with one attached hydrogen (secondary N) is 1. The Morgan fingerprint density at radius 1 is 0.793 bits per heavy atom. The molecule has 1 heterocycles. The summed E-state index contributed by atoms with van der Waals surface area (Å²) in [6.45, 7) is 3.99. The third kappa shape index (κ3) is 3.43. The van der Waals surface area contributed by atoms with Crippen LogP contribution in [0.3, 0.4) is 0 Å². The SMILES string of the molecule is Cc1cccc(NC2=C(c3ccccc3)C(=O)N(c3ccc(Cl)cc3)C2=O)c1C. The first-order chi connectivity index (χ1) is 14.0. The van der Waals surface area contributed by atoms with Crippen LogP contribution in [0.2, 0.25) is 5.02 Å². The number of carbonyl (C=O) groups excluding carboxylic acids is 2. The number of imide groups is 1. The molecule has 0 saturated heterocycles. The lowest BCUT2D eigenvalue weighted by atomic mass is 10.0. The van der Waals surface area contributed by atoms with E-state index in [1.807, 2.05) is 62.4 Å². The maximum absolute atomic E-state index is 13.3. The fraction of sp³-hybridized carbons (Fsp3) is 0.0833. The lowest BCUT2D eigenvalue weighted by Crippen LogP contribution is -2.32. The summed E-state index contributed by atoms with van der Waals surface area (Å²) >= 11 is 5.97. The summed E-state index contributed by atoms with van der Waals surface area (Å²) in [7, 11) is 0. The van der Waals surface area contributed by atoms with Crippen molar-refractivity contribution in [3.05, 3.63) is 100 Å². The van der Waals surface area contributed by atoms with Gasteiger partial charge < -0.3 is 5.32 Å². The molecule has 0 atom stereocenters. The lowest BCUT2D eigenvalue weighted by Gasteiger charge is -2.16. The highest BCUT2D eigenvalue weighted by molar-refractivity contribution is 6.46. The number of carbonyl (C=O) groups is 2. The van der Waals surface area contributed by atoms with Crippen LogP contribution in [0.4, 0.5) is 11.4 Å². The van der Waals surface area contributed by atoms with Gasteiger partial charge >= 0.3 is 0 Å². The fourth-order valence-corrected chi connectivity index (χ4v) is 3.49. The second kappa shape index (κ2) is 7.57. The first-order valence-corrected chi connectivity index (χ1v) is 9.62. The molecular formula is C24H19ClN2O2. The average molecular weight is 403 g/mol. The topological polar surface area (TPSA) is 49.4 Å². The zero-order valence-corrected chi connectivity index (χ0v) is 16.8. The van der Waals surface area contributed by atoms with E-state index in [1.54, 1.807) is 24.3 Å². The largest absolute Gasteiger partial charge is 0.350 e. The van der Waals surface area contributed by atoms with E-state index < -0.39 is 5.91 Å². The molecule has 29 heavy (non-hydrogen) atoms. The third-order valence-electron chi connectivity index (χ3n) is 5.10.